The third-order valence-corrected chi connectivity index (χ3v) is 1.91. The van der Waals surface area contributed by atoms with Crippen LogP contribution in [-0.4, -0.2) is 29.0 Å². The minimum atomic E-state index is -0.616. The summed E-state index contributed by atoms with van der Waals surface area (Å²) < 4.78 is 9.86. The SMILES string of the molecule is CCC(O)c1noc(CCCOC)n1. The summed E-state index contributed by atoms with van der Waals surface area (Å²) in [5, 5.41) is 13.1. The van der Waals surface area contributed by atoms with Gasteiger partial charge in [-0.3, -0.25) is 0 Å². The fourth-order valence-electron chi connectivity index (χ4n) is 1.06. The molecule has 1 aromatic rings. The molecule has 1 unspecified atom stereocenters. The molecule has 0 saturated heterocycles. The van der Waals surface area contributed by atoms with Crippen molar-refractivity contribution in [3.8, 4) is 0 Å². The number of aromatic nitrogens is 2. The lowest BCUT2D eigenvalue weighted by Gasteiger charge is -1.98. The largest absolute Gasteiger partial charge is 0.385 e. The molecule has 5 nitrogen and oxygen atoms in total. The second-order valence-electron chi connectivity index (χ2n) is 3.07. The van der Waals surface area contributed by atoms with Gasteiger partial charge in [-0.05, 0) is 12.8 Å². The first-order valence-electron chi connectivity index (χ1n) is 4.77. The van der Waals surface area contributed by atoms with E-state index in [0.29, 0.717) is 31.2 Å². The van der Waals surface area contributed by atoms with Crippen molar-refractivity contribution in [1.29, 1.82) is 0 Å². The molecule has 1 atom stereocenters. The van der Waals surface area contributed by atoms with Gasteiger partial charge < -0.3 is 14.4 Å². The van der Waals surface area contributed by atoms with E-state index in [2.05, 4.69) is 10.1 Å². The van der Waals surface area contributed by atoms with E-state index in [-0.39, 0.29) is 0 Å². The predicted molar refractivity (Wildman–Crippen MR) is 49.7 cm³/mol. The van der Waals surface area contributed by atoms with E-state index in [1.54, 1.807) is 7.11 Å². The molecule has 80 valence electrons. The molecule has 0 aliphatic heterocycles. The molecule has 0 aliphatic rings. The molecule has 0 aliphatic carbocycles. The zero-order chi connectivity index (χ0) is 10.4. The lowest BCUT2D eigenvalue weighted by molar-refractivity contribution is 0.159. The highest BCUT2D eigenvalue weighted by Gasteiger charge is 2.12. The third-order valence-electron chi connectivity index (χ3n) is 1.91. The minimum Gasteiger partial charge on any atom is -0.385 e. The Kier molecular flexibility index (Phi) is 4.55. The second-order valence-corrected chi connectivity index (χ2v) is 3.07. The lowest BCUT2D eigenvalue weighted by atomic mass is 10.2. The Balaban J connectivity index is 2.42. The maximum absolute atomic E-state index is 9.40. The van der Waals surface area contributed by atoms with Gasteiger partial charge in [-0.1, -0.05) is 12.1 Å². The molecule has 0 spiro atoms. The van der Waals surface area contributed by atoms with Crippen LogP contribution >= 0.6 is 0 Å². The van der Waals surface area contributed by atoms with Crippen LogP contribution in [0.4, 0.5) is 0 Å². The summed E-state index contributed by atoms with van der Waals surface area (Å²) in [7, 11) is 1.65. The fourth-order valence-corrected chi connectivity index (χ4v) is 1.06. The number of rotatable bonds is 6. The quantitative estimate of drug-likeness (QED) is 0.696. The number of aliphatic hydroxyl groups excluding tert-OH is 1. The van der Waals surface area contributed by atoms with Gasteiger partial charge in [-0.2, -0.15) is 4.98 Å². The molecule has 0 amide bonds. The third kappa shape index (κ3) is 3.08. The summed E-state index contributed by atoms with van der Waals surface area (Å²) >= 11 is 0. The van der Waals surface area contributed by atoms with Crippen LogP contribution in [-0.2, 0) is 11.2 Å². The van der Waals surface area contributed by atoms with E-state index in [0.717, 1.165) is 6.42 Å². The molecule has 1 rings (SSSR count). The number of hydrogen-bond acceptors (Lipinski definition) is 5. The van der Waals surface area contributed by atoms with Gasteiger partial charge in [-0.25, -0.2) is 0 Å². The van der Waals surface area contributed by atoms with Crippen molar-refractivity contribution in [1.82, 2.24) is 10.1 Å². The van der Waals surface area contributed by atoms with Gasteiger partial charge in [0.2, 0.25) is 5.89 Å². The Morgan fingerprint density at radius 2 is 2.36 bits per heavy atom. The van der Waals surface area contributed by atoms with E-state index in [9.17, 15) is 5.11 Å². The van der Waals surface area contributed by atoms with Crippen LogP contribution in [0.15, 0.2) is 4.52 Å². The van der Waals surface area contributed by atoms with Crippen LogP contribution in [0.3, 0.4) is 0 Å². The van der Waals surface area contributed by atoms with Crippen molar-refractivity contribution in [3.05, 3.63) is 11.7 Å². The molecule has 0 saturated carbocycles. The standard InChI is InChI=1S/C9H16N2O3/c1-3-7(12)9-10-8(14-11-9)5-4-6-13-2/h7,12H,3-6H2,1-2H3. The van der Waals surface area contributed by atoms with Gasteiger partial charge >= 0.3 is 0 Å². The summed E-state index contributed by atoms with van der Waals surface area (Å²) in [6.45, 7) is 2.54. The molecule has 0 bridgehead atoms. The van der Waals surface area contributed by atoms with E-state index in [1.165, 1.54) is 0 Å². The van der Waals surface area contributed by atoms with Crippen LogP contribution < -0.4 is 0 Å². The maximum atomic E-state index is 9.40. The van der Waals surface area contributed by atoms with Crippen molar-refractivity contribution < 1.29 is 14.4 Å². The number of aliphatic hydroxyl groups is 1. The van der Waals surface area contributed by atoms with Crippen molar-refractivity contribution in [2.24, 2.45) is 0 Å². The number of methoxy groups -OCH3 is 1. The summed E-state index contributed by atoms with van der Waals surface area (Å²) in [6, 6.07) is 0. The molecule has 0 fully saturated rings. The van der Waals surface area contributed by atoms with Crippen molar-refractivity contribution >= 4 is 0 Å². The van der Waals surface area contributed by atoms with Crippen molar-refractivity contribution in [3.63, 3.8) is 0 Å². The van der Waals surface area contributed by atoms with E-state index < -0.39 is 6.10 Å². The molecular weight excluding hydrogens is 184 g/mol. The molecular formula is C9H16N2O3. The summed E-state index contributed by atoms with van der Waals surface area (Å²) in [5.74, 6) is 0.935. The zero-order valence-electron chi connectivity index (χ0n) is 8.56. The van der Waals surface area contributed by atoms with Crippen LogP contribution in [0.25, 0.3) is 0 Å². The first-order valence-corrected chi connectivity index (χ1v) is 4.77. The molecule has 5 heteroatoms. The van der Waals surface area contributed by atoms with Crippen molar-refractivity contribution in [2.45, 2.75) is 32.3 Å². The summed E-state index contributed by atoms with van der Waals surface area (Å²) in [4.78, 5) is 4.07. The zero-order valence-corrected chi connectivity index (χ0v) is 8.56. The maximum Gasteiger partial charge on any atom is 0.226 e. The fraction of sp³-hybridized carbons (Fsp3) is 0.778. The number of nitrogens with zero attached hydrogens (tertiary/aromatic N) is 2. The summed E-state index contributed by atoms with van der Waals surface area (Å²) in [5.41, 5.74) is 0. The molecule has 0 radical (unpaired) electrons. The van der Waals surface area contributed by atoms with E-state index >= 15 is 0 Å². The predicted octanol–water partition coefficient (Wildman–Crippen LogP) is 1.09. The van der Waals surface area contributed by atoms with E-state index in [1.807, 2.05) is 6.92 Å². The number of hydrogen-bond donors (Lipinski definition) is 1. The van der Waals surface area contributed by atoms with E-state index in [4.69, 9.17) is 9.26 Å². The highest BCUT2D eigenvalue weighted by molar-refractivity contribution is 4.90. The van der Waals surface area contributed by atoms with Gasteiger partial charge in [-0.15, -0.1) is 0 Å². The van der Waals surface area contributed by atoms with Gasteiger partial charge in [0.25, 0.3) is 0 Å². The monoisotopic (exact) mass is 200 g/mol. The molecule has 0 aromatic carbocycles. The van der Waals surface area contributed by atoms with Crippen LogP contribution in [0.2, 0.25) is 0 Å². The van der Waals surface area contributed by atoms with Gasteiger partial charge in [0.15, 0.2) is 5.82 Å². The molecule has 1 heterocycles. The first kappa shape index (κ1) is 11.1. The first-order chi connectivity index (χ1) is 6.77. The smallest absolute Gasteiger partial charge is 0.226 e. The Labute approximate surface area is 83.1 Å². The second kappa shape index (κ2) is 5.72. The van der Waals surface area contributed by atoms with Crippen LogP contribution in [0.5, 0.6) is 0 Å². The molecule has 1 aromatic heterocycles. The average Bonchev–Trinajstić information content (AvgIpc) is 2.66. The van der Waals surface area contributed by atoms with Crippen molar-refractivity contribution in [2.75, 3.05) is 13.7 Å². The van der Waals surface area contributed by atoms with Gasteiger partial charge in [0.1, 0.15) is 6.10 Å². The Bertz CT molecular complexity index is 262. The minimum absolute atomic E-state index is 0.375. The van der Waals surface area contributed by atoms with Crippen LogP contribution in [0.1, 0.15) is 37.6 Å². The van der Waals surface area contributed by atoms with Crippen LogP contribution in [0, 0.1) is 0 Å². The lowest BCUT2D eigenvalue weighted by Crippen LogP contribution is -1.98. The highest BCUT2D eigenvalue weighted by atomic mass is 16.5. The van der Waals surface area contributed by atoms with Gasteiger partial charge in [0.05, 0.1) is 0 Å². The Morgan fingerprint density at radius 1 is 1.57 bits per heavy atom. The average molecular weight is 200 g/mol. The Hall–Kier alpha value is -0.940. The number of aryl methyl sites for hydroxylation is 1. The topological polar surface area (TPSA) is 68.4 Å². The normalized spacial score (nSPS) is 13.1. The number of ether oxygens (including phenoxy) is 1. The summed E-state index contributed by atoms with van der Waals surface area (Å²) in [6.07, 6.45) is 1.52. The van der Waals surface area contributed by atoms with Gasteiger partial charge in [0, 0.05) is 20.1 Å². The Morgan fingerprint density at radius 3 is 3.00 bits per heavy atom. The molecule has 14 heavy (non-hydrogen) atoms. The highest BCUT2D eigenvalue weighted by Crippen LogP contribution is 2.12. The molecule has 1 N–H and O–H groups in total.